The predicted octanol–water partition coefficient (Wildman–Crippen LogP) is 4.70. The minimum Gasteiger partial charge on any atom is -0.416 e. The highest BCUT2D eigenvalue weighted by Gasteiger charge is 2.49. The van der Waals surface area contributed by atoms with Crippen LogP contribution >= 0.6 is 0 Å². The van der Waals surface area contributed by atoms with Crippen LogP contribution in [0.5, 0.6) is 0 Å². The first kappa shape index (κ1) is 34.4. The van der Waals surface area contributed by atoms with Crippen LogP contribution in [0.4, 0.5) is 0 Å². The van der Waals surface area contributed by atoms with Gasteiger partial charge in [0.2, 0.25) is 0 Å². The lowest BCUT2D eigenvalue weighted by Crippen LogP contribution is -2.61. The molecule has 9 nitrogen and oxygen atoms in total. The third-order valence-electron chi connectivity index (χ3n) is 3.45. The zero-order valence-corrected chi connectivity index (χ0v) is 31.8. The van der Waals surface area contributed by atoms with Crippen molar-refractivity contribution < 1.29 is 38.4 Å². The molecule has 0 aromatic heterocycles. The highest BCUT2D eigenvalue weighted by Crippen LogP contribution is 2.28. The average molecular weight is 611 g/mol. The zero-order chi connectivity index (χ0) is 26.9. The number of hydrogen-bond acceptors (Lipinski definition) is 9. The molecule has 0 aromatic carbocycles. The molecule has 0 aliphatic rings. The summed E-state index contributed by atoms with van der Waals surface area (Å²) in [6.07, 6.45) is 0. The van der Waals surface area contributed by atoms with Gasteiger partial charge in [0.05, 0.1) is 0 Å². The second kappa shape index (κ2) is 11.0. The molecule has 0 spiro atoms. The molecule has 0 unspecified atom stereocenters. The first-order valence-electron chi connectivity index (χ1n) is 11.3. The van der Waals surface area contributed by atoms with Crippen molar-refractivity contribution in [3.63, 3.8) is 0 Å². The molecule has 0 saturated carbocycles. The monoisotopic (exact) mass is 610 g/mol. The van der Waals surface area contributed by atoms with Crippen LogP contribution in [0.2, 0.25) is 105 Å². The molecule has 200 valence electrons. The van der Waals surface area contributed by atoms with Gasteiger partial charge in [-0.15, -0.1) is 0 Å². The molecule has 0 amide bonds. The fourth-order valence-corrected chi connectivity index (χ4v) is 40.8. The fraction of sp³-hybridized carbons (Fsp3) is 1.00. The molecule has 0 fully saturated rings. The first-order chi connectivity index (χ1) is 13.9. The Balaban J connectivity index is 5.27. The third-order valence-corrected chi connectivity index (χ3v) is 31.0. The summed E-state index contributed by atoms with van der Waals surface area (Å²) in [5.74, 6) is 0. The van der Waals surface area contributed by atoms with E-state index in [-0.39, 0.29) is 0 Å². The molecule has 0 aliphatic heterocycles. The molecule has 0 rings (SSSR count). The Bertz CT molecular complexity index is 589. The van der Waals surface area contributed by atoms with E-state index in [1.54, 1.807) is 26.2 Å². The Kier molecular flexibility index (Phi) is 11.5. The number of hydrogen-bond donors (Lipinski definition) is 2. The predicted molar refractivity (Wildman–Crippen MR) is 152 cm³/mol. The van der Waals surface area contributed by atoms with E-state index in [2.05, 4.69) is 0 Å². The van der Waals surface area contributed by atoms with E-state index in [0.29, 0.717) is 0 Å². The lowest BCUT2D eigenvalue weighted by molar-refractivity contribution is 0.256. The highest BCUT2D eigenvalue weighted by molar-refractivity contribution is 6.91. The summed E-state index contributed by atoms with van der Waals surface area (Å²) in [5.41, 5.74) is 0. The molecule has 0 aromatic rings. The van der Waals surface area contributed by atoms with Crippen molar-refractivity contribution in [1.29, 1.82) is 0 Å². The summed E-state index contributed by atoms with van der Waals surface area (Å²) in [6.45, 7) is 30.6. The van der Waals surface area contributed by atoms with Crippen molar-refractivity contribution in [3.05, 3.63) is 0 Å². The van der Waals surface area contributed by atoms with Crippen molar-refractivity contribution in [3.8, 4) is 0 Å². The largest absolute Gasteiger partial charge is 0.416 e. The van der Waals surface area contributed by atoms with E-state index < -0.39 is 68.5 Å². The SMILES string of the molecule is C[Si](C)(O)O[Si](C)(C)O[Si](C)(C)O[Si](C)(C)O[Si](C)(C)O[Si](C)(C)O[Si](C)(C)O[Si](C)(C)O. The van der Waals surface area contributed by atoms with E-state index in [4.69, 9.17) is 28.8 Å². The zero-order valence-electron chi connectivity index (χ0n) is 23.8. The Morgan fingerprint density at radius 3 is 0.515 bits per heavy atom. The van der Waals surface area contributed by atoms with Crippen molar-refractivity contribution in [2.45, 2.75) is 105 Å². The summed E-state index contributed by atoms with van der Waals surface area (Å²) < 4.78 is 44.1. The van der Waals surface area contributed by atoms with Crippen LogP contribution in [0.1, 0.15) is 0 Å². The molecule has 17 heteroatoms. The fourth-order valence-electron chi connectivity index (χ4n) is 4.29. The summed E-state index contributed by atoms with van der Waals surface area (Å²) in [5, 5.41) is 0. The quantitative estimate of drug-likeness (QED) is 0.271. The van der Waals surface area contributed by atoms with Crippen molar-refractivity contribution >= 4 is 68.5 Å². The molecule has 33 heavy (non-hydrogen) atoms. The van der Waals surface area contributed by atoms with Crippen LogP contribution in [0.15, 0.2) is 0 Å². The lowest BCUT2D eigenvalue weighted by Gasteiger charge is -2.43. The minimum atomic E-state index is -2.71. The van der Waals surface area contributed by atoms with Crippen LogP contribution in [-0.4, -0.2) is 78.1 Å². The average Bonchev–Trinajstić information content (AvgIpc) is 2.20. The van der Waals surface area contributed by atoms with Gasteiger partial charge < -0.3 is 38.4 Å². The maximum atomic E-state index is 10.2. The second-order valence-corrected chi connectivity index (χ2v) is 40.3. The Morgan fingerprint density at radius 2 is 0.394 bits per heavy atom. The normalized spacial score (nSPS) is 15.8. The minimum absolute atomic E-state index is 1.74. The molecule has 2 N–H and O–H groups in total. The molecular weight excluding hydrogens is 561 g/mol. The second-order valence-electron chi connectivity index (χ2n) is 12.0. The molecule has 0 saturated heterocycles. The smallest absolute Gasteiger partial charge is 0.320 e. The lowest BCUT2D eigenvalue weighted by atomic mass is 11.9. The molecule has 0 heterocycles. The van der Waals surface area contributed by atoms with E-state index in [1.165, 1.54) is 0 Å². The van der Waals surface area contributed by atoms with Gasteiger partial charge in [-0.1, -0.05) is 0 Å². The number of rotatable bonds is 14. The van der Waals surface area contributed by atoms with Gasteiger partial charge in [0.25, 0.3) is 0 Å². The Labute approximate surface area is 211 Å². The summed E-state index contributed by atoms with van der Waals surface area (Å²) in [4.78, 5) is 20.4. The van der Waals surface area contributed by atoms with Gasteiger partial charge in [-0.05, 0) is 105 Å². The van der Waals surface area contributed by atoms with Crippen LogP contribution in [-0.2, 0) is 28.8 Å². The van der Waals surface area contributed by atoms with Crippen LogP contribution in [0, 0.1) is 0 Å². The van der Waals surface area contributed by atoms with E-state index in [1.807, 2.05) is 78.6 Å². The van der Waals surface area contributed by atoms with Crippen LogP contribution in [0.25, 0.3) is 0 Å². The maximum Gasteiger partial charge on any atom is 0.320 e. The standard InChI is InChI=1S/C16H50O9Si8/c1-26(2,17)19-28(5,6)21-30(9,10)23-32(13,14)25-33(15,16)24-31(11,12)22-29(7,8)20-27(3,4)18/h17-18H,1-16H3. The van der Waals surface area contributed by atoms with Crippen molar-refractivity contribution in [2.75, 3.05) is 0 Å². The van der Waals surface area contributed by atoms with Gasteiger partial charge in [0.1, 0.15) is 0 Å². The van der Waals surface area contributed by atoms with E-state index in [0.717, 1.165) is 0 Å². The summed E-state index contributed by atoms with van der Waals surface area (Å²) >= 11 is 0. The third kappa shape index (κ3) is 17.5. The van der Waals surface area contributed by atoms with Gasteiger partial charge in [-0.25, -0.2) is 0 Å². The summed E-state index contributed by atoms with van der Waals surface area (Å²) in [6, 6.07) is 0. The molecule has 0 atom stereocenters. The van der Waals surface area contributed by atoms with Crippen molar-refractivity contribution in [1.82, 2.24) is 0 Å². The topological polar surface area (TPSA) is 105 Å². The van der Waals surface area contributed by atoms with Gasteiger partial charge in [0, 0.05) is 0 Å². The Hall–Kier alpha value is 1.38. The van der Waals surface area contributed by atoms with E-state index in [9.17, 15) is 9.59 Å². The first-order valence-corrected chi connectivity index (χ1v) is 33.9. The van der Waals surface area contributed by atoms with Crippen molar-refractivity contribution in [2.24, 2.45) is 0 Å². The maximum absolute atomic E-state index is 10.2. The van der Waals surface area contributed by atoms with Gasteiger partial charge in [0.15, 0.2) is 0 Å². The molecule has 0 aliphatic carbocycles. The van der Waals surface area contributed by atoms with Gasteiger partial charge in [-0.3, -0.25) is 0 Å². The molecule has 0 radical (unpaired) electrons. The molecular formula is C16H50O9Si8. The van der Waals surface area contributed by atoms with Crippen LogP contribution < -0.4 is 0 Å². The Morgan fingerprint density at radius 1 is 0.273 bits per heavy atom. The summed E-state index contributed by atoms with van der Waals surface area (Å²) in [7, 11) is -21.0. The van der Waals surface area contributed by atoms with E-state index >= 15 is 0 Å². The van der Waals surface area contributed by atoms with Gasteiger partial charge >= 0.3 is 68.5 Å². The van der Waals surface area contributed by atoms with Gasteiger partial charge in [-0.2, -0.15) is 0 Å². The highest BCUT2D eigenvalue weighted by atomic mass is 28.5. The molecule has 0 bridgehead atoms. The van der Waals surface area contributed by atoms with Crippen LogP contribution in [0.3, 0.4) is 0 Å².